The number of fused-ring (bicyclic) bond motifs is 1. The molecule has 96 valence electrons. The molecule has 0 spiro atoms. The molecule has 0 atom stereocenters. The second-order valence-corrected chi connectivity index (χ2v) is 4.44. The zero-order valence-corrected chi connectivity index (χ0v) is 10.8. The Bertz CT molecular complexity index is 463. The molecule has 0 bridgehead atoms. The third-order valence-electron chi connectivity index (χ3n) is 3.07. The van der Waals surface area contributed by atoms with Crippen molar-refractivity contribution in [2.75, 3.05) is 6.54 Å². The first-order valence-corrected chi connectivity index (χ1v) is 6.52. The minimum Gasteiger partial charge on any atom is -0.310 e. The molecule has 0 aliphatic carbocycles. The topological polar surface area (TPSA) is 62.8 Å². The van der Waals surface area contributed by atoms with Crippen LogP contribution in [0.2, 0.25) is 0 Å². The van der Waals surface area contributed by atoms with Gasteiger partial charge in [-0.2, -0.15) is 0 Å². The lowest BCUT2D eigenvalue weighted by molar-refractivity contribution is 0.741. The monoisotopic (exact) mass is 244 g/mol. The number of hydrogen-bond donors (Lipinski definition) is 2. The molecular weight excluding hydrogens is 224 g/mol. The van der Waals surface area contributed by atoms with E-state index in [1.807, 2.05) is 18.2 Å². The summed E-state index contributed by atoms with van der Waals surface area (Å²) in [6.07, 6.45) is 4.65. The first kappa shape index (κ1) is 12.8. The van der Waals surface area contributed by atoms with Gasteiger partial charge in [0.15, 0.2) is 0 Å². The van der Waals surface area contributed by atoms with Crippen LogP contribution in [0.3, 0.4) is 0 Å². The standard InChI is InChI=1S/C14H20N4/c1-2-3-4-8-12-11-7-5-6-9-13(11)17-14(18-15)10-16-12/h5-7,9H,2-4,8,10,15H2,1H3,(H,17,18). The van der Waals surface area contributed by atoms with E-state index in [4.69, 9.17) is 5.84 Å². The minimum atomic E-state index is 0.534. The van der Waals surface area contributed by atoms with E-state index in [-0.39, 0.29) is 0 Å². The first-order valence-electron chi connectivity index (χ1n) is 6.52. The Labute approximate surface area is 108 Å². The highest BCUT2D eigenvalue weighted by Gasteiger charge is 2.12. The second kappa shape index (κ2) is 6.31. The van der Waals surface area contributed by atoms with Crippen molar-refractivity contribution in [3.63, 3.8) is 0 Å². The number of amidine groups is 1. The van der Waals surface area contributed by atoms with Gasteiger partial charge in [-0.3, -0.25) is 4.99 Å². The highest BCUT2D eigenvalue weighted by atomic mass is 15.3. The number of unbranched alkanes of at least 4 members (excludes halogenated alkanes) is 2. The fourth-order valence-corrected chi connectivity index (χ4v) is 2.09. The molecule has 0 saturated heterocycles. The summed E-state index contributed by atoms with van der Waals surface area (Å²) in [5, 5.41) is 0. The number of benzene rings is 1. The predicted octanol–water partition coefficient (Wildman–Crippen LogP) is 2.56. The van der Waals surface area contributed by atoms with Gasteiger partial charge in [0.2, 0.25) is 0 Å². The average Bonchev–Trinajstić information content (AvgIpc) is 2.59. The summed E-state index contributed by atoms with van der Waals surface area (Å²) in [5.41, 5.74) is 5.86. The molecule has 0 unspecified atom stereocenters. The molecule has 4 heteroatoms. The van der Waals surface area contributed by atoms with E-state index in [1.54, 1.807) is 0 Å². The molecule has 18 heavy (non-hydrogen) atoms. The maximum absolute atomic E-state index is 5.45. The Hall–Kier alpha value is -1.68. The smallest absolute Gasteiger partial charge is 0.138 e. The van der Waals surface area contributed by atoms with Gasteiger partial charge in [-0.05, 0) is 18.9 Å². The van der Waals surface area contributed by atoms with Gasteiger partial charge in [0, 0.05) is 11.3 Å². The van der Waals surface area contributed by atoms with Crippen molar-refractivity contribution < 1.29 is 0 Å². The highest BCUT2D eigenvalue weighted by molar-refractivity contribution is 6.07. The second-order valence-electron chi connectivity index (χ2n) is 4.44. The van der Waals surface area contributed by atoms with Gasteiger partial charge in [-0.15, -0.1) is 0 Å². The van der Waals surface area contributed by atoms with E-state index in [2.05, 4.69) is 28.4 Å². The van der Waals surface area contributed by atoms with Gasteiger partial charge in [0.25, 0.3) is 0 Å². The Morgan fingerprint density at radius 3 is 2.89 bits per heavy atom. The summed E-state index contributed by atoms with van der Waals surface area (Å²) in [7, 11) is 0. The van der Waals surface area contributed by atoms with Gasteiger partial charge in [-0.25, -0.2) is 10.8 Å². The van der Waals surface area contributed by atoms with Crippen molar-refractivity contribution in [2.24, 2.45) is 15.8 Å². The van der Waals surface area contributed by atoms with Crippen molar-refractivity contribution in [3.8, 4) is 0 Å². The summed E-state index contributed by atoms with van der Waals surface area (Å²) in [6, 6.07) is 8.12. The van der Waals surface area contributed by atoms with E-state index in [0.717, 1.165) is 23.4 Å². The van der Waals surface area contributed by atoms with Crippen LogP contribution in [0.5, 0.6) is 0 Å². The van der Waals surface area contributed by atoms with E-state index >= 15 is 0 Å². The molecule has 0 fully saturated rings. The Morgan fingerprint density at radius 2 is 2.11 bits per heavy atom. The number of nitrogens with zero attached hydrogens (tertiary/aromatic N) is 2. The molecule has 1 heterocycles. The van der Waals surface area contributed by atoms with Gasteiger partial charge < -0.3 is 5.43 Å². The van der Waals surface area contributed by atoms with Gasteiger partial charge >= 0.3 is 0 Å². The quantitative estimate of drug-likeness (QED) is 0.486. The maximum atomic E-state index is 5.45. The molecular formula is C14H20N4. The van der Waals surface area contributed by atoms with Crippen LogP contribution in [0.4, 0.5) is 5.69 Å². The van der Waals surface area contributed by atoms with Crippen molar-refractivity contribution in [2.45, 2.75) is 32.6 Å². The van der Waals surface area contributed by atoms with Crippen LogP contribution in [-0.4, -0.2) is 18.1 Å². The van der Waals surface area contributed by atoms with Crippen LogP contribution < -0.4 is 11.3 Å². The van der Waals surface area contributed by atoms with Crippen LogP contribution in [0.15, 0.2) is 34.3 Å². The molecule has 1 aromatic rings. The highest BCUT2D eigenvalue weighted by Crippen LogP contribution is 2.23. The van der Waals surface area contributed by atoms with Crippen LogP contribution in [-0.2, 0) is 0 Å². The third-order valence-corrected chi connectivity index (χ3v) is 3.07. The predicted molar refractivity (Wildman–Crippen MR) is 76.4 cm³/mol. The summed E-state index contributed by atoms with van der Waals surface area (Å²) >= 11 is 0. The fraction of sp³-hybridized carbons (Fsp3) is 0.429. The normalized spacial score (nSPS) is 14.3. The molecule has 3 N–H and O–H groups in total. The molecule has 4 nitrogen and oxygen atoms in total. The summed E-state index contributed by atoms with van der Waals surface area (Å²) in [4.78, 5) is 9.13. The first-order chi connectivity index (χ1) is 8.85. The molecule has 0 saturated carbocycles. The van der Waals surface area contributed by atoms with Crippen LogP contribution in [0.1, 0.15) is 38.2 Å². The number of hydrazine groups is 1. The lowest BCUT2D eigenvalue weighted by Crippen LogP contribution is -2.32. The zero-order chi connectivity index (χ0) is 12.8. The summed E-state index contributed by atoms with van der Waals surface area (Å²) in [6.45, 7) is 2.75. The number of nitrogens with one attached hydrogen (secondary N) is 1. The molecule has 0 aromatic heterocycles. The molecule has 1 aliphatic heterocycles. The van der Waals surface area contributed by atoms with E-state index in [0.29, 0.717) is 12.4 Å². The molecule has 0 amide bonds. The number of hydrogen-bond acceptors (Lipinski definition) is 4. The number of rotatable bonds is 4. The summed E-state index contributed by atoms with van der Waals surface area (Å²) in [5.74, 6) is 6.16. The lowest BCUT2D eigenvalue weighted by atomic mass is 10.0. The minimum absolute atomic E-state index is 0.534. The lowest BCUT2D eigenvalue weighted by Gasteiger charge is -2.07. The Kier molecular flexibility index (Phi) is 4.47. The third kappa shape index (κ3) is 2.96. The van der Waals surface area contributed by atoms with E-state index in [1.165, 1.54) is 19.3 Å². The van der Waals surface area contributed by atoms with Crippen LogP contribution in [0.25, 0.3) is 0 Å². The molecule has 1 aliphatic rings. The van der Waals surface area contributed by atoms with Gasteiger partial charge in [-0.1, -0.05) is 38.0 Å². The number of para-hydroxylation sites is 1. The van der Waals surface area contributed by atoms with E-state index < -0.39 is 0 Å². The van der Waals surface area contributed by atoms with Crippen LogP contribution in [0, 0.1) is 0 Å². The molecule has 0 radical (unpaired) electrons. The van der Waals surface area contributed by atoms with Gasteiger partial charge in [0.1, 0.15) is 5.84 Å². The largest absolute Gasteiger partial charge is 0.310 e. The number of nitrogens with two attached hydrogens (primary N) is 1. The van der Waals surface area contributed by atoms with Crippen LogP contribution >= 0.6 is 0 Å². The average molecular weight is 244 g/mol. The summed E-state index contributed by atoms with van der Waals surface area (Å²) < 4.78 is 0. The molecule has 2 rings (SSSR count). The van der Waals surface area contributed by atoms with Crippen molar-refractivity contribution in [1.82, 2.24) is 5.43 Å². The fourth-order valence-electron chi connectivity index (χ4n) is 2.09. The Morgan fingerprint density at radius 1 is 1.28 bits per heavy atom. The zero-order valence-electron chi connectivity index (χ0n) is 10.8. The van der Waals surface area contributed by atoms with Crippen molar-refractivity contribution in [3.05, 3.63) is 29.8 Å². The van der Waals surface area contributed by atoms with E-state index in [9.17, 15) is 0 Å². The number of aliphatic imine (C=N–C) groups is 2. The van der Waals surface area contributed by atoms with Crippen molar-refractivity contribution in [1.29, 1.82) is 0 Å². The SMILES string of the molecule is CCCCCC1=NCC(NN)=Nc2ccccc21. The maximum Gasteiger partial charge on any atom is 0.138 e. The van der Waals surface area contributed by atoms with Crippen molar-refractivity contribution >= 4 is 17.2 Å². The van der Waals surface area contributed by atoms with Gasteiger partial charge in [0.05, 0.1) is 12.2 Å². The molecule has 1 aromatic carbocycles. The Balaban J connectivity index is 2.25.